The third-order valence-corrected chi connectivity index (χ3v) is 5.22. The number of carbonyl (C=O) groups excluding carboxylic acids is 1. The van der Waals surface area contributed by atoms with Gasteiger partial charge in [-0.15, -0.1) is 0 Å². The molecule has 3 atom stereocenters. The maximum Gasteiger partial charge on any atom is 0.407 e. The van der Waals surface area contributed by atoms with Gasteiger partial charge in [0.25, 0.3) is 0 Å². The van der Waals surface area contributed by atoms with E-state index in [2.05, 4.69) is 15.3 Å². The number of aliphatic hydroxyl groups is 1. The highest BCUT2D eigenvalue weighted by molar-refractivity contribution is 5.74. The number of alkyl carbamates (subject to hydrolysis) is 1. The van der Waals surface area contributed by atoms with Gasteiger partial charge < -0.3 is 20.1 Å². The Morgan fingerprint density at radius 2 is 1.71 bits per heavy atom. The van der Waals surface area contributed by atoms with Crippen LogP contribution in [0, 0.1) is 0 Å². The Morgan fingerprint density at radius 3 is 2.26 bits per heavy atom. The third-order valence-electron chi connectivity index (χ3n) is 5.22. The zero-order valence-corrected chi connectivity index (χ0v) is 20.0. The number of H-pyrrole nitrogens is 1. The Bertz CT molecular complexity index is 1020. The van der Waals surface area contributed by atoms with E-state index in [1.54, 1.807) is 18.6 Å². The molecule has 0 radical (unpaired) electrons. The number of ether oxygens (including phenoxy) is 1. The summed E-state index contributed by atoms with van der Waals surface area (Å²) in [5, 5.41) is 14.1. The van der Waals surface area contributed by atoms with E-state index < -0.39 is 23.8 Å². The predicted octanol–water partition coefficient (Wildman–Crippen LogP) is 4.33. The van der Waals surface area contributed by atoms with Gasteiger partial charge in [0.1, 0.15) is 11.4 Å². The van der Waals surface area contributed by atoms with Crippen LogP contribution >= 0.6 is 0 Å². The molecular weight excluding hydrogens is 428 g/mol. The molecule has 1 heterocycles. The average Bonchev–Trinajstić information content (AvgIpc) is 3.31. The smallest absolute Gasteiger partial charge is 0.407 e. The number of nitrogens with one attached hydrogen (secondary N) is 2. The highest BCUT2D eigenvalue weighted by Crippen LogP contribution is 2.17. The molecule has 0 aliphatic carbocycles. The first-order valence-electron chi connectivity index (χ1n) is 11.6. The van der Waals surface area contributed by atoms with Crippen molar-refractivity contribution in [3.8, 4) is 0 Å². The monoisotopic (exact) mass is 462 g/mol. The highest BCUT2D eigenvalue weighted by atomic mass is 16.6. The van der Waals surface area contributed by atoms with Crippen molar-refractivity contribution >= 4 is 12.3 Å². The molecule has 0 saturated carbocycles. The number of aliphatic imine (C=N–C) groups is 1. The summed E-state index contributed by atoms with van der Waals surface area (Å²) in [6.45, 7) is 5.44. The molecule has 0 bridgehead atoms. The van der Waals surface area contributed by atoms with Crippen molar-refractivity contribution < 1.29 is 14.6 Å². The number of amides is 1. The van der Waals surface area contributed by atoms with Gasteiger partial charge in [-0.25, -0.2) is 9.78 Å². The summed E-state index contributed by atoms with van der Waals surface area (Å²) in [7, 11) is 0. The lowest BCUT2D eigenvalue weighted by Gasteiger charge is -2.28. The van der Waals surface area contributed by atoms with E-state index in [1.165, 1.54) is 0 Å². The minimum Gasteiger partial charge on any atom is -0.444 e. The van der Waals surface area contributed by atoms with Crippen LogP contribution < -0.4 is 5.32 Å². The maximum absolute atomic E-state index is 12.5. The number of nitrogens with zero attached hydrogens (tertiary/aromatic N) is 2. The molecule has 7 heteroatoms. The number of rotatable bonds is 10. The summed E-state index contributed by atoms with van der Waals surface area (Å²) in [5.41, 5.74) is 1.51. The molecule has 3 N–H and O–H groups in total. The Kier molecular flexibility index (Phi) is 8.99. The number of aromatic nitrogens is 2. The highest BCUT2D eigenvalue weighted by Gasteiger charge is 2.27. The lowest BCUT2D eigenvalue weighted by molar-refractivity contribution is 0.0406. The molecule has 34 heavy (non-hydrogen) atoms. The molecule has 0 aliphatic heterocycles. The molecule has 0 spiro atoms. The van der Waals surface area contributed by atoms with Gasteiger partial charge in [-0.3, -0.25) is 4.99 Å². The SMILES string of the molecule is CC(C)(C)OC(=O)N[C@@H](Cc1ccccc1)[C@H](O)C[C@H](Cc1ccccc1)N=Cc1ncc[nH]1. The topological polar surface area (TPSA) is 99.6 Å². The molecule has 2 aromatic carbocycles. The second-order valence-corrected chi connectivity index (χ2v) is 9.34. The zero-order valence-electron chi connectivity index (χ0n) is 20.0. The number of imidazole rings is 1. The molecule has 0 unspecified atom stereocenters. The van der Waals surface area contributed by atoms with Crippen molar-refractivity contribution in [3.05, 3.63) is 90.0 Å². The van der Waals surface area contributed by atoms with Crippen molar-refractivity contribution in [1.82, 2.24) is 15.3 Å². The molecule has 3 rings (SSSR count). The quantitative estimate of drug-likeness (QED) is 0.391. The number of hydrogen-bond donors (Lipinski definition) is 3. The summed E-state index contributed by atoms with van der Waals surface area (Å²) < 4.78 is 5.45. The molecule has 0 saturated heterocycles. The summed E-state index contributed by atoms with van der Waals surface area (Å²) in [6, 6.07) is 19.1. The minimum atomic E-state index is -0.838. The van der Waals surface area contributed by atoms with Crippen LogP contribution in [-0.2, 0) is 17.6 Å². The Labute approximate surface area is 201 Å². The van der Waals surface area contributed by atoms with Gasteiger partial charge in [-0.05, 0) is 51.2 Å². The molecule has 3 aromatic rings. The van der Waals surface area contributed by atoms with Gasteiger partial charge in [-0.1, -0.05) is 60.7 Å². The standard InChI is InChI=1S/C27H34N4O3/c1-27(2,3)34-26(33)31-23(17-21-12-8-5-9-13-21)24(32)18-22(16-20-10-6-4-7-11-20)30-19-25-28-14-15-29-25/h4-15,19,22-24,32H,16-18H2,1-3H3,(H,28,29)(H,31,33)/t22-,23-,24+/m0/s1. The molecular formula is C27H34N4O3. The molecule has 180 valence electrons. The second kappa shape index (κ2) is 12.1. The zero-order chi connectivity index (χ0) is 24.4. The average molecular weight is 463 g/mol. The first-order valence-corrected chi connectivity index (χ1v) is 11.6. The Morgan fingerprint density at radius 1 is 1.09 bits per heavy atom. The summed E-state index contributed by atoms with van der Waals surface area (Å²) in [5.74, 6) is 0.653. The van der Waals surface area contributed by atoms with Crippen molar-refractivity contribution in [2.75, 3.05) is 0 Å². The van der Waals surface area contributed by atoms with Crippen LogP contribution in [0.5, 0.6) is 0 Å². The molecule has 0 fully saturated rings. The van der Waals surface area contributed by atoms with Gasteiger partial charge in [0.05, 0.1) is 24.4 Å². The van der Waals surface area contributed by atoms with E-state index in [1.807, 2.05) is 81.4 Å². The van der Waals surface area contributed by atoms with Crippen LogP contribution in [0.4, 0.5) is 4.79 Å². The largest absolute Gasteiger partial charge is 0.444 e. The van der Waals surface area contributed by atoms with Crippen LogP contribution in [0.3, 0.4) is 0 Å². The fourth-order valence-electron chi connectivity index (χ4n) is 3.66. The number of benzene rings is 2. The first kappa shape index (κ1) is 25.2. The minimum absolute atomic E-state index is 0.207. The number of carbonyl (C=O) groups is 1. The van der Waals surface area contributed by atoms with Crippen LogP contribution in [0.25, 0.3) is 0 Å². The van der Waals surface area contributed by atoms with Gasteiger partial charge in [0.2, 0.25) is 0 Å². The number of aromatic amines is 1. The van der Waals surface area contributed by atoms with Gasteiger partial charge >= 0.3 is 6.09 Å². The third kappa shape index (κ3) is 8.83. The van der Waals surface area contributed by atoms with Crippen LogP contribution in [0.1, 0.15) is 44.1 Å². The van der Waals surface area contributed by atoms with E-state index >= 15 is 0 Å². The van der Waals surface area contributed by atoms with E-state index in [0.717, 1.165) is 11.1 Å². The molecule has 7 nitrogen and oxygen atoms in total. The van der Waals surface area contributed by atoms with Gasteiger partial charge in [0.15, 0.2) is 0 Å². The van der Waals surface area contributed by atoms with Crippen molar-refractivity contribution in [3.63, 3.8) is 0 Å². The Hall–Kier alpha value is -3.45. The normalized spacial score (nSPS) is 14.5. The fraction of sp³-hybridized carbons (Fsp3) is 0.370. The van der Waals surface area contributed by atoms with Crippen LogP contribution in [0.2, 0.25) is 0 Å². The number of aliphatic hydroxyl groups excluding tert-OH is 1. The number of hydrogen-bond acceptors (Lipinski definition) is 5. The molecule has 1 amide bonds. The lowest BCUT2D eigenvalue weighted by atomic mass is 9.94. The second-order valence-electron chi connectivity index (χ2n) is 9.34. The fourth-order valence-corrected chi connectivity index (χ4v) is 3.66. The first-order chi connectivity index (χ1) is 16.3. The van der Waals surface area contributed by atoms with E-state index in [9.17, 15) is 9.90 Å². The van der Waals surface area contributed by atoms with E-state index in [-0.39, 0.29) is 6.04 Å². The van der Waals surface area contributed by atoms with E-state index in [0.29, 0.717) is 25.1 Å². The van der Waals surface area contributed by atoms with Crippen molar-refractivity contribution in [2.24, 2.45) is 4.99 Å². The lowest BCUT2D eigenvalue weighted by Crippen LogP contribution is -2.47. The summed E-state index contributed by atoms with van der Waals surface area (Å²) in [4.78, 5) is 24.5. The van der Waals surface area contributed by atoms with Crippen molar-refractivity contribution in [1.29, 1.82) is 0 Å². The van der Waals surface area contributed by atoms with E-state index in [4.69, 9.17) is 9.73 Å². The van der Waals surface area contributed by atoms with Gasteiger partial charge in [0, 0.05) is 12.4 Å². The summed E-state index contributed by atoms with van der Waals surface area (Å²) >= 11 is 0. The Balaban J connectivity index is 1.77. The predicted molar refractivity (Wildman–Crippen MR) is 134 cm³/mol. The van der Waals surface area contributed by atoms with Crippen LogP contribution in [0.15, 0.2) is 78.0 Å². The maximum atomic E-state index is 12.5. The molecule has 0 aliphatic rings. The van der Waals surface area contributed by atoms with Crippen molar-refractivity contribution in [2.45, 2.75) is 63.8 Å². The van der Waals surface area contributed by atoms with Gasteiger partial charge in [-0.2, -0.15) is 0 Å². The van der Waals surface area contributed by atoms with Crippen LogP contribution in [-0.4, -0.2) is 51.2 Å². The molecule has 1 aromatic heterocycles. The summed E-state index contributed by atoms with van der Waals surface area (Å²) in [6.07, 6.45) is 5.20.